The van der Waals surface area contributed by atoms with Gasteiger partial charge in [0.2, 0.25) is 10.0 Å². The molecule has 0 N–H and O–H groups in total. The third kappa shape index (κ3) is 3.98. The van der Waals surface area contributed by atoms with E-state index in [1.165, 1.54) is 24.9 Å². The minimum Gasteiger partial charge on any atom is -0.207 e. The zero-order chi connectivity index (χ0) is 14.6. The highest BCUT2D eigenvalue weighted by Crippen LogP contribution is 2.26. The lowest BCUT2D eigenvalue weighted by Crippen LogP contribution is -2.30. The molecule has 1 aromatic rings. The van der Waals surface area contributed by atoms with E-state index in [-0.39, 0.29) is 16.5 Å². The summed E-state index contributed by atoms with van der Waals surface area (Å²) in [6, 6.07) is 2.43. The molecule has 0 aliphatic heterocycles. The first-order chi connectivity index (χ1) is 8.84. The van der Waals surface area contributed by atoms with Crippen LogP contribution >= 0.6 is 35.0 Å². The molecule has 0 aliphatic rings. The Bertz CT molecular complexity index is 552. The molecule has 1 rings (SSSR count). The molecule has 108 valence electrons. The summed E-state index contributed by atoms with van der Waals surface area (Å²) >= 11 is 12.9. The van der Waals surface area contributed by atoms with Gasteiger partial charge >= 0.3 is 0 Å². The van der Waals surface area contributed by atoms with E-state index in [2.05, 4.69) is 0 Å². The molecule has 0 radical (unpaired) electrons. The minimum atomic E-state index is -3.90. The fraction of sp³-hybridized carbons (Fsp3) is 0.455. The van der Waals surface area contributed by atoms with Crippen LogP contribution in [-0.2, 0) is 15.9 Å². The molecule has 0 fully saturated rings. The Hall–Kier alpha value is -0.0100. The zero-order valence-electron chi connectivity index (χ0n) is 10.5. The van der Waals surface area contributed by atoms with Crippen molar-refractivity contribution in [1.82, 2.24) is 4.31 Å². The van der Waals surface area contributed by atoms with Gasteiger partial charge in [-0.15, -0.1) is 11.6 Å². The number of benzene rings is 1. The lowest BCUT2D eigenvalue weighted by molar-refractivity contribution is 0.479. The number of hydrogen-bond donors (Lipinski definition) is 0. The van der Waals surface area contributed by atoms with E-state index < -0.39 is 20.7 Å². The average molecular weight is 346 g/mol. The van der Waals surface area contributed by atoms with Gasteiger partial charge in [0.25, 0.3) is 0 Å². The zero-order valence-corrected chi connectivity index (χ0v) is 13.6. The predicted octanol–water partition coefficient (Wildman–Crippen LogP) is 3.20. The highest BCUT2D eigenvalue weighted by molar-refractivity contribution is 7.98. The Kier molecular flexibility index (Phi) is 6.39. The van der Waals surface area contributed by atoms with Crippen molar-refractivity contribution in [3.63, 3.8) is 0 Å². The predicted molar refractivity (Wildman–Crippen MR) is 79.2 cm³/mol. The number of nitrogens with zero attached hydrogens (tertiary/aromatic N) is 1. The summed E-state index contributed by atoms with van der Waals surface area (Å²) in [4.78, 5) is -0.431. The Balaban J connectivity index is 3.25. The maximum absolute atomic E-state index is 14.1. The van der Waals surface area contributed by atoms with Gasteiger partial charge in [-0.3, -0.25) is 0 Å². The monoisotopic (exact) mass is 345 g/mol. The van der Waals surface area contributed by atoms with Gasteiger partial charge in [-0.2, -0.15) is 11.8 Å². The van der Waals surface area contributed by atoms with Gasteiger partial charge in [0.1, 0.15) is 10.7 Å². The van der Waals surface area contributed by atoms with Crippen molar-refractivity contribution in [1.29, 1.82) is 0 Å². The third-order valence-electron chi connectivity index (χ3n) is 2.52. The number of thioether (sulfide) groups is 1. The molecular formula is C11H14Cl2FNO2S2. The molecule has 0 atom stereocenters. The van der Waals surface area contributed by atoms with Crippen molar-refractivity contribution in [3.8, 4) is 0 Å². The maximum atomic E-state index is 14.1. The fourth-order valence-electron chi connectivity index (χ4n) is 1.41. The van der Waals surface area contributed by atoms with E-state index >= 15 is 0 Å². The summed E-state index contributed by atoms with van der Waals surface area (Å²) in [5.74, 6) is -0.348. The van der Waals surface area contributed by atoms with Gasteiger partial charge in [0.05, 0.1) is 5.88 Å². The summed E-state index contributed by atoms with van der Waals surface area (Å²) in [5.41, 5.74) is 0.0750. The molecule has 0 unspecified atom stereocenters. The first-order valence-corrected chi connectivity index (χ1v) is 9.08. The van der Waals surface area contributed by atoms with Gasteiger partial charge in [0, 0.05) is 29.9 Å². The highest BCUT2D eigenvalue weighted by atomic mass is 35.5. The van der Waals surface area contributed by atoms with E-state index in [0.29, 0.717) is 12.3 Å². The normalized spacial score (nSPS) is 12.1. The van der Waals surface area contributed by atoms with Crippen LogP contribution in [0.3, 0.4) is 0 Å². The van der Waals surface area contributed by atoms with Gasteiger partial charge in [-0.1, -0.05) is 11.6 Å². The van der Waals surface area contributed by atoms with E-state index in [1.54, 1.807) is 0 Å². The number of rotatable bonds is 6. The second-order valence-electron chi connectivity index (χ2n) is 3.83. The Morgan fingerprint density at radius 3 is 2.58 bits per heavy atom. The molecule has 0 amide bonds. The molecule has 0 aliphatic carbocycles. The maximum Gasteiger partial charge on any atom is 0.245 e. The lowest BCUT2D eigenvalue weighted by atomic mass is 10.2. The second kappa shape index (κ2) is 7.13. The second-order valence-corrected chi connectivity index (χ2v) is 7.53. The van der Waals surface area contributed by atoms with Crippen molar-refractivity contribution in [2.24, 2.45) is 0 Å². The summed E-state index contributed by atoms with van der Waals surface area (Å²) < 4.78 is 39.7. The highest BCUT2D eigenvalue weighted by Gasteiger charge is 2.26. The van der Waals surface area contributed by atoms with Crippen LogP contribution in [0.25, 0.3) is 0 Å². The van der Waals surface area contributed by atoms with E-state index in [4.69, 9.17) is 23.2 Å². The number of sulfonamides is 1. The number of halogens is 3. The molecule has 0 saturated heterocycles. The van der Waals surface area contributed by atoms with E-state index in [0.717, 1.165) is 10.4 Å². The average Bonchev–Trinajstić information content (AvgIpc) is 2.37. The summed E-state index contributed by atoms with van der Waals surface area (Å²) in [5, 5.41) is 0.147. The van der Waals surface area contributed by atoms with Gasteiger partial charge in [-0.25, -0.2) is 17.1 Å². The molecule has 0 aromatic heterocycles. The van der Waals surface area contributed by atoms with Gasteiger partial charge in [-0.05, 0) is 18.4 Å². The van der Waals surface area contributed by atoms with Crippen molar-refractivity contribution in [2.45, 2.75) is 10.8 Å². The third-order valence-corrected chi connectivity index (χ3v) is 5.47. The van der Waals surface area contributed by atoms with Crippen LogP contribution in [0.2, 0.25) is 5.02 Å². The summed E-state index contributed by atoms with van der Waals surface area (Å²) in [6.45, 7) is 0.297. The first-order valence-electron chi connectivity index (χ1n) is 5.33. The van der Waals surface area contributed by atoms with Crippen molar-refractivity contribution in [2.75, 3.05) is 25.6 Å². The van der Waals surface area contributed by atoms with Crippen LogP contribution in [0.1, 0.15) is 5.56 Å². The molecule has 0 heterocycles. The largest absolute Gasteiger partial charge is 0.245 e. The Morgan fingerprint density at radius 1 is 1.42 bits per heavy atom. The van der Waals surface area contributed by atoms with E-state index in [1.807, 2.05) is 6.26 Å². The molecular weight excluding hydrogens is 332 g/mol. The van der Waals surface area contributed by atoms with Crippen LogP contribution < -0.4 is 0 Å². The molecule has 0 bridgehead atoms. The molecule has 3 nitrogen and oxygen atoms in total. The van der Waals surface area contributed by atoms with Gasteiger partial charge < -0.3 is 0 Å². The standard InChI is InChI=1S/C11H14Cl2FNO2S2/c1-15(3-4-18-2)19(16,17)10-6-9(13)5-8(7-12)11(10)14/h5-6H,3-4,7H2,1-2H3. The van der Waals surface area contributed by atoms with Crippen LogP contribution in [0, 0.1) is 5.82 Å². The van der Waals surface area contributed by atoms with Gasteiger partial charge in [0.15, 0.2) is 0 Å². The van der Waals surface area contributed by atoms with Crippen LogP contribution in [0.5, 0.6) is 0 Å². The van der Waals surface area contributed by atoms with Crippen molar-refractivity contribution < 1.29 is 12.8 Å². The Labute approximate surface area is 127 Å². The first kappa shape index (κ1) is 17.0. The van der Waals surface area contributed by atoms with Crippen LogP contribution in [0.15, 0.2) is 17.0 Å². The molecule has 8 heteroatoms. The molecule has 0 saturated carbocycles. The topological polar surface area (TPSA) is 37.4 Å². The van der Waals surface area contributed by atoms with Crippen LogP contribution in [-0.4, -0.2) is 38.3 Å². The smallest absolute Gasteiger partial charge is 0.207 e. The summed E-state index contributed by atoms with van der Waals surface area (Å²) in [6.07, 6.45) is 1.87. The van der Waals surface area contributed by atoms with Crippen molar-refractivity contribution in [3.05, 3.63) is 28.5 Å². The molecule has 19 heavy (non-hydrogen) atoms. The fourth-order valence-corrected chi connectivity index (χ4v) is 3.78. The van der Waals surface area contributed by atoms with E-state index in [9.17, 15) is 12.8 Å². The quantitative estimate of drug-likeness (QED) is 0.743. The van der Waals surface area contributed by atoms with Crippen molar-refractivity contribution >= 4 is 45.0 Å². The summed E-state index contributed by atoms with van der Waals surface area (Å²) in [7, 11) is -2.49. The lowest BCUT2D eigenvalue weighted by Gasteiger charge is -2.18. The SMILES string of the molecule is CSCCN(C)S(=O)(=O)c1cc(Cl)cc(CCl)c1F. The Morgan fingerprint density at radius 2 is 2.05 bits per heavy atom. The minimum absolute atomic E-state index is 0.0750. The number of hydrogen-bond acceptors (Lipinski definition) is 3. The van der Waals surface area contributed by atoms with Crippen LogP contribution in [0.4, 0.5) is 4.39 Å². The molecule has 0 spiro atoms. The number of alkyl halides is 1. The molecule has 1 aromatic carbocycles.